The van der Waals surface area contributed by atoms with Gasteiger partial charge in [0.1, 0.15) is 6.29 Å². The average molecular weight is 389 g/mol. The normalized spacial score (nSPS) is 10.7. The topological polar surface area (TPSA) is 17.1 Å². The van der Waals surface area contributed by atoms with Gasteiger partial charge in [-0.15, -0.1) is 0 Å². The van der Waals surface area contributed by atoms with Gasteiger partial charge in [0, 0.05) is 15.4 Å². The highest BCUT2D eigenvalue weighted by Crippen LogP contribution is 2.41. The molecular formula is C24H20OS2. The zero-order valence-corrected chi connectivity index (χ0v) is 16.7. The maximum atomic E-state index is 10.8. The summed E-state index contributed by atoms with van der Waals surface area (Å²) in [5, 5.41) is 0. The molecule has 0 saturated heterocycles. The van der Waals surface area contributed by atoms with Crippen LogP contribution in [-0.4, -0.2) is 6.29 Å². The van der Waals surface area contributed by atoms with Crippen LogP contribution in [-0.2, 0) is 0 Å². The molecule has 3 rings (SSSR count). The van der Waals surface area contributed by atoms with Crippen molar-refractivity contribution in [1.29, 1.82) is 0 Å². The molecule has 0 heterocycles. The van der Waals surface area contributed by atoms with Crippen LogP contribution < -0.4 is 0 Å². The molecule has 1 nitrogen and oxygen atoms in total. The van der Waals surface area contributed by atoms with Gasteiger partial charge in [0.25, 0.3) is 0 Å². The van der Waals surface area contributed by atoms with Gasteiger partial charge in [0.05, 0.1) is 4.24 Å². The van der Waals surface area contributed by atoms with E-state index in [-0.39, 0.29) is 0 Å². The van der Waals surface area contributed by atoms with Gasteiger partial charge in [0.2, 0.25) is 0 Å². The maximum Gasteiger partial charge on any atom is 0.150 e. The van der Waals surface area contributed by atoms with Gasteiger partial charge in [-0.25, -0.2) is 0 Å². The summed E-state index contributed by atoms with van der Waals surface area (Å²) in [4.78, 5) is 13.2. The fourth-order valence-corrected chi connectivity index (χ4v) is 4.56. The zero-order valence-electron chi connectivity index (χ0n) is 15.0. The maximum absolute atomic E-state index is 10.8. The molecule has 134 valence electrons. The van der Waals surface area contributed by atoms with Gasteiger partial charge in [-0.2, -0.15) is 0 Å². The molecule has 3 heteroatoms. The lowest BCUT2D eigenvalue weighted by Crippen LogP contribution is -1.81. The number of benzene rings is 3. The molecule has 0 amide bonds. The molecule has 0 fully saturated rings. The van der Waals surface area contributed by atoms with Crippen molar-refractivity contribution in [3.8, 4) is 0 Å². The second kappa shape index (κ2) is 10.0. The Balaban J connectivity index is 1.85. The van der Waals surface area contributed by atoms with E-state index in [1.54, 1.807) is 23.5 Å². The lowest BCUT2D eigenvalue weighted by atomic mass is 10.1. The molecule has 0 radical (unpaired) electrons. The van der Waals surface area contributed by atoms with Crippen molar-refractivity contribution < 1.29 is 4.79 Å². The molecule has 0 bridgehead atoms. The molecule has 0 aliphatic rings. The van der Waals surface area contributed by atoms with Crippen molar-refractivity contribution in [2.45, 2.75) is 16.7 Å². The van der Waals surface area contributed by atoms with Gasteiger partial charge in [-0.1, -0.05) is 96.3 Å². The van der Waals surface area contributed by atoms with Crippen LogP contribution in [0.2, 0.25) is 0 Å². The quantitative estimate of drug-likeness (QED) is 0.240. The summed E-state index contributed by atoms with van der Waals surface area (Å²) in [6.45, 7) is 2.14. The van der Waals surface area contributed by atoms with E-state index in [1.165, 1.54) is 19.6 Å². The third kappa shape index (κ3) is 6.02. The predicted molar refractivity (Wildman–Crippen MR) is 118 cm³/mol. The predicted octanol–water partition coefficient (Wildman–Crippen LogP) is 7.33. The van der Waals surface area contributed by atoms with Crippen LogP contribution in [0.1, 0.15) is 22.8 Å². The molecule has 0 N–H and O–H groups in total. The minimum atomic E-state index is 0.694. The first-order chi connectivity index (χ1) is 13.2. The number of rotatable bonds is 7. The number of allylic oxidation sites excluding steroid dienone is 2. The molecule has 27 heavy (non-hydrogen) atoms. The van der Waals surface area contributed by atoms with Crippen molar-refractivity contribution >= 4 is 35.9 Å². The summed E-state index contributed by atoms with van der Waals surface area (Å²) >= 11 is 3.56. The number of hydrogen-bond acceptors (Lipinski definition) is 3. The highest BCUT2D eigenvalue weighted by molar-refractivity contribution is 8.22. The largest absolute Gasteiger partial charge is 0.298 e. The molecule has 0 spiro atoms. The van der Waals surface area contributed by atoms with Gasteiger partial charge in [0.15, 0.2) is 0 Å². The second-order valence-electron chi connectivity index (χ2n) is 5.92. The van der Waals surface area contributed by atoms with Crippen LogP contribution in [0.25, 0.3) is 6.08 Å². The zero-order chi connectivity index (χ0) is 18.9. The van der Waals surface area contributed by atoms with Crippen LogP contribution in [0.15, 0.2) is 111 Å². The Kier molecular flexibility index (Phi) is 7.14. The fraction of sp³-hybridized carbons (Fsp3) is 0.0417. The SMILES string of the molecule is CC(/C=C/c1ccc(C=O)cc1)=C(Sc1ccccc1)Sc1ccccc1. The van der Waals surface area contributed by atoms with Gasteiger partial charge in [-0.05, 0) is 42.3 Å². The van der Waals surface area contributed by atoms with Crippen molar-refractivity contribution in [3.63, 3.8) is 0 Å². The van der Waals surface area contributed by atoms with Crippen molar-refractivity contribution in [3.05, 3.63) is 112 Å². The Bertz CT molecular complexity index is 884. The van der Waals surface area contributed by atoms with E-state index in [0.717, 1.165) is 11.8 Å². The lowest BCUT2D eigenvalue weighted by molar-refractivity contribution is 0.112. The fourth-order valence-electron chi connectivity index (χ4n) is 2.35. The standard InChI is InChI=1S/C24H20OS2/c1-19(12-13-20-14-16-21(18-25)17-15-20)24(26-22-8-4-2-5-9-22)27-23-10-6-3-7-11-23/h2-18H,1H3/b13-12+. The summed E-state index contributed by atoms with van der Waals surface area (Å²) in [5.41, 5.74) is 2.98. The molecule has 0 unspecified atom stereocenters. The molecule has 3 aromatic rings. The molecule has 3 aromatic carbocycles. The third-order valence-corrected chi connectivity index (χ3v) is 6.36. The molecule has 0 aliphatic heterocycles. The van der Waals surface area contributed by atoms with Crippen LogP contribution in [0.3, 0.4) is 0 Å². The highest BCUT2D eigenvalue weighted by Gasteiger charge is 2.07. The van der Waals surface area contributed by atoms with Gasteiger partial charge >= 0.3 is 0 Å². The van der Waals surface area contributed by atoms with Crippen LogP contribution >= 0.6 is 23.5 Å². The van der Waals surface area contributed by atoms with E-state index < -0.39 is 0 Å². The van der Waals surface area contributed by atoms with Crippen molar-refractivity contribution in [2.75, 3.05) is 0 Å². The number of thioether (sulfide) groups is 2. The Morgan fingerprint density at radius 2 is 1.19 bits per heavy atom. The third-order valence-electron chi connectivity index (χ3n) is 3.83. The summed E-state index contributed by atoms with van der Waals surface area (Å²) in [7, 11) is 0. The van der Waals surface area contributed by atoms with E-state index in [9.17, 15) is 4.79 Å². The van der Waals surface area contributed by atoms with E-state index in [1.807, 2.05) is 36.4 Å². The number of carbonyl (C=O) groups is 1. The summed E-state index contributed by atoms with van der Waals surface area (Å²) in [6, 6.07) is 28.4. The molecule has 0 aliphatic carbocycles. The Morgan fingerprint density at radius 3 is 1.67 bits per heavy atom. The molecule has 0 atom stereocenters. The Hall–Kier alpha value is -2.49. The van der Waals surface area contributed by atoms with Crippen molar-refractivity contribution in [1.82, 2.24) is 0 Å². The van der Waals surface area contributed by atoms with Crippen LogP contribution in [0.5, 0.6) is 0 Å². The Morgan fingerprint density at radius 1 is 0.704 bits per heavy atom. The second-order valence-corrected chi connectivity index (χ2v) is 8.34. The first kappa shape index (κ1) is 19.3. The molecule has 0 aromatic heterocycles. The highest BCUT2D eigenvalue weighted by atomic mass is 32.2. The molecule has 0 saturated carbocycles. The van der Waals surface area contributed by atoms with Gasteiger partial charge in [-0.3, -0.25) is 4.79 Å². The van der Waals surface area contributed by atoms with Gasteiger partial charge < -0.3 is 0 Å². The van der Waals surface area contributed by atoms with Crippen LogP contribution in [0, 0.1) is 0 Å². The number of hydrogen-bond donors (Lipinski definition) is 0. The first-order valence-corrected chi connectivity index (χ1v) is 10.3. The minimum Gasteiger partial charge on any atom is -0.298 e. The van der Waals surface area contributed by atoms with Crippen LogP contribution in [0.4, 0.5) is 0 Å². The van der Waals surface area contributed by atoms with Crippen molar-refractivity contribution in [2.24, 2.45) is 0 Å². The average Bonchev–Trinajstić information content (AvgIpc) is 2.73. The first-order valence-electron chi connectivity index (χ1n) is 8.64. The summed E-state index contributed by atoms with van der Waals surface area (Å²) in [5.74, 6) is 0. The minimum absolute atomic E-state index is 0.694. The Labute approximate surface area is 169 Å². The smallest absolute Gasteiger partial charge is 0.150 e. The monoisotopic (exact) mass is 388 g/mol. The molecular weight excluding hydrogens is 368 g/mol. The summed E-state index contributed by atoms with van der Waals surface area (Å²) < 4.78 is 1.24. The van der Waals surface area contributed by atoms with E-state index in [4.69, 9.17) is 0 Å². The van der Waals surface area contributed by atoms with E-state index >= 15 is 0 Å². The summed E-state index contributed by atoms with van der Waals surface area (Å²) in [6.07, 6.45) is 5.09. The number of carbonyl (C=O) groups excluding carboxylic acids is 1. The number of aldehydes is 1. The van der Waals surface area contributed by atoms with E-state index in [2.05, 4.69) is 67.6 Å². The van der Waals surface area contributed by atoms with E-state index in [0.29, 0.717) is 5.56 Å². The lowest BCUT2D eigenvalue weighted by Gasteiger charge is -2.10.